The molecule has 0 fully saturated rings. The molecule has 4 N–H and O–H groups in total. The summed E-state index contributed by atoms with van der Waals surface area (Å²) < 4.78 is 5.05. The number of ketones is 1. The van der Waals surface area contributed by atoms with E-state index in [2.05, 4.69) is 32.5 Å². The zero-order chi connectivity index (χ0) is 20.1. The van der Waals surface area contributed by atoms with E-state index in [0.29, 0.717) is 17.5 Å². The predicted molar refractivity (Wildman–Crippen MR) is 110 cm³/mol. The normalized spacial score (nSPS) is 18.9. The van der Waals surface area contributed by atoms with Gasteiger partial charge in [-0.15, -0.1) is 0 Å². The van der Waals surface area contributed by atoms with Crippen molar-refractivity contribution in [3.63, 3.8) is 0 Å². The summed E-state index contributed by atoms with van der Waals surface area (Å²) in [6.07, 6.45) is 4.24. The Hall–Kier alpha value is -3.16. The monoisotopic (exact) mass is 382 g/mol. The fourth-order valence-electron chi connectivity index (χ4n) is 3.33. The van der Waals surface area contributed by atoms with Gasteiger partial charge >= 0.3 is 0 Å². The number of carbonyl (C=O) groups excluding carboxylic acids is 1. The lowest BCUT2D eigenvalue weighted by atomic mass is 9.85. The summed E-state index contributed by atoms with van der Waals surface area (Å²) in [7, 11) is 3.19. The minimum atomic E-state index is -0.329. The largest absolute Gasteiger partial charge is 0.480 e. The highest BCUT2D eigenvalue weighted by molar-refractivity contribution is 6.01. The molecule has 0 bridgehead atoms. The van der Waals surface area contributed by atoms with Crippen LogP contribution in [0.15, 0.2) is 35.5 Å². The van der Waals surface area contributed by atoms with Crippen molar-refractivity contribution in [1.29, 1.82) is 0 Å². The minimum Gasteiger partial charge on any atom is -0.480 e. The van der Waals surface area contributed by atoms with Gasteiger partial charge in [-0.05, 0) is 37.5 Å². The number of ether oxygens (including phenoxy) is 1. The third-order valence-electron chi connectivity index (χ3n) is 4.88. The number of aliphatic imine (C=N–C) groups is 1. The van der Waals surface area contributed by atoms with Crippen LogP contribution in [0.5, 0.6) is 5.88 Å². The highest BCUT2D eigenvalue weighted by atomic mass is 16.5. The molecule has 1 aliphatic rings. The zero-order valence-electron chi connectivity index (χ0n) is 16.5. The summed E-state index contributed by atoms with van der Waals surface area (Å²) in [4.78, 5) is 25.7. The number of rotatable bonds is 7. The van der Waals surface area contributed by atoms with Crippen LogP contribution in [0.25, 0.3) is 0 Å². The maximum absolute atomic E-state index is 12.6. The van der Waals surface area contributed by atoms with Gasteiger partial charge in [0, 0.05) is 19.2 Å². The fraction of sp³-hybridized carbons (Fsp3) is 0.400. The second-order valence-corrected chi connectivity index (χ2v) is 6.95. The van der Waals surface area contributed by atoms with Gasteiger partial charge in [-0.3, -0.25) is 9.79 Å². The Morgan fingerprint density at radius 1 is 1.39 bits per heavy atom. The predicted octanol–water partition coefficient (Wildman–Crippen LogP) is 2.58. The molecule has 1 unspecified atom stereocenters. The van der Waals surface area contributed by atoms with Crippen molar-refractivity contribution in [2.24, 2.45) is 10.7 Å². The van der Waals surface area contributed by atoms with Crippen LogP contribution in [-0.2, 0) is 5.54 Å². The first-order valence-corrected chi connectivity index (χ1v) is 9.26. The van der Waals surface area contributed by atoms with Gasteiger partial charge in [-0.1, -0.05) is 12.1 Å². The second-order valence-electron chi connectivity index (χ2n) is 6.95. The highest BCUT2D eigenvalue weighted by Gasteiger charge is 2.29. The summed E-state index contributed by atoms with van der Waals surface area (Å²) in [5.74, 6) is 1.26. The number of anilines is 2. The Balaban J connectivity index is 1.73. The van der Waals surface area contributed by atoms with Crippen LogP contribution >= 0.6 is 0 Å². The van der Waals surface area contributed by atoms with E-state index in [9.17, 15) is 4.79 Å². The minimum absolute atomic E-state index is 0.0985. The second kappa shape index (κ2) is 8.24. The number of nitrogens with two attached hydrogens (primary N) is 1. The van der Waals surface area contributed by atoms with Gasteiger partial charge in [0.25, 0.3) is 0 Å². The molecule has 8 nitrogen and oxygen atoms in total. The molecule has 1 aromatic carbocycles. The van der Waals surface area contributed by atoms with E-state index < -0.39 is 0 Å². The van der Waals surface area contributed by atoms with Crippen LogP contribution in [-0.4, -0.2) is 42.3 Å². The van der Waals surface area contributed by atoms with Crippen molar-refractivity contribution in [2.75, 3.05) is 31.3 Å². The summed E-state index contributed by atoms with van der Waals surface area (Å²) in [6, 6.07) is 7.95. The van der Waals surface area contributed by atoms with E-state index in [0.717, 1.165) is 30.5 Å². The van der Waals surface area contributed by atoms with Crippen LogP contribution < -0.4 is 21.1 Å². The Labute approximate surface area is 164 Å². The van der Waals surface area contributed by atoms with Gasteiger partial charge < -0.3 is 21.1 Å². The number of benzene rings is 1. The van der Waals surface area contributed by atoms with Crippen molar-refractivity contribution >= 4 is 23.1 Å². The molecule has 0 spiro atoms. The van der Waals surface area contributed by atoms with Gasteiger partial charge in [0.2, 0.25) is 11.7 Å². The van der Waals surface area contributed by atoms with Crippen LogP contribution in [0.3, 0.4) is 0 Å². The third kappa shape index (κ3) is 4.21. The van der Waals surface area contributed by atoms with Gasteiger partial charge in [-0.25, -0.2) is 4.98 Å². The Kier molecular flexibility index (Phi) is 5.77. The van der Waals surface area contributed by atoms with Crippen molar-refractivity contribution in [2.45, 2.75) is 31.7 Å². The van der Waals surface area contributed by atoms with E-state index in [4.69, 9.17) is 10.5 Å². The first-order valence-electron chi connectivity index (χ1n) is 9.26. The maximum atomic E-state index is 12.6. The Bertz CT molecular complexity index is 898. The topological polar surface area (TPSA) is 115 Å². The lowest BCUT2D eigenvalue weighted by Gasteiger charge is -2.30. The molecule has 0 saturated carbocycles. The number of hydrogen-bond acceptors (Lipinski definition) is 8. The standard InChI is InChI=1S/C20H26N6O2/c1-20(9-5-8-16(21)26-20)13-6-4-7-14(10-13)23-11-15(27)18-19(22-2)25-17(28-3)12-24-18/h4,6-7,10,12,23H,5,8-9,11H2,1-3H3,(H2,21,26)(H,22,25). The number of amidine groups is 1. The number of nitrogens with zero attached hydrogens (tertiary/aromatic N) is 3. The first kappa shape index (κ1) is 19.6. The lowest BCUT2D eigenvalue weighted by Crippen LogP contribution is -2.29. The molecule has 0 aliphatic carbocycles. The summed E-state index contributed by atoms with van der Waals surface area (Å²) in [5.41, 5.74) is 7.82. The summed E-state index contributed by atoms with van der Waals surface area (Å²) >= 11 is 0. The molecular weight excluding hydrogens is 356 g/mol. The number of nitrogens with one attached hydrogen (secondary N) is 2. The SMILES string of the molecule is CNc1nc(OC)cnc1C(=O)CNc1cccc(C2(C)CCCC(N)=N2)c1. The lowest BCUT2D eigenvalue weighted by molar-refractivity contribution is 0.100. The van der Waals surface area contributed by atoms with Gasteiger partial charge in [0.05, 0.1) is 31.2 Å². The number of hydrogen-bond donors (Lipinski definition) is 3. The van der Waals surface area contributed by atoms with Crippen LogP contribution in [0, 0.1) is 0 Å². The molecule has 2 aromatic rings. The highest BCUT2D eigenvalue weighted by Crippen LogP contribution is 2.35. The van der Waals surface area contributed by atoms with E-state index in [1.165, 1.54) is 13.3 Å². The van der Waals surface area contributed by atoms with E-state index >= 15 is 0 Å². The molecule has 148 valence electrons. The molecule has 0 amide bonds. The molecule has 8 heteroatoms. The first-order chi connectivity index (χ1) is 13.4. The van der Waals surface area contributed by atoms with Crippen molar-refractivity contribution < 1.29 is 9.53 Å². The molecule has 28 heavy (non-hydrogen) atoms. The molecule has 2 heterocycles. The van der Waals surface area contributed by atoms with Crippen LogP contribution in [0.4, 0.5) is 11.5 Å². The molecule has 0 saturated heterocycles. The Morgan fingerprint density at radius 3 is 2.93 bits per heavy atom. The summed E-state index contributed by atoms with van der Waals surface area (Å²) in [5, 5.41) is 6.06. The zero-order valence-corrected chi connectivity index (χ0v) is 16.5. The average Bonchev–Trinajstić information content (AvgIpc) is 2.71. The molecule has 1 atom stereocenters. The quantitative estimate of drug-likeness (QED) is 0.631. The van der Waals surface area contributed by atoms with Crippen LogP contribution in [0.2, 0.25) is 0 Å². The van der Waals surface area contributed by atoms with E-state index in [1.54, 1.807) is 7.05 Å². The third-order valence-corrected chi connectivity index (χ3v) is 4.88. The number of aromatic nitrogens is 2. The molecular formula is C20H26N6O2. The molecule has 0 radical (unpaired) electrons. The Morgan fingerprint density at radius 2 is 2.21 bits per heavy atom. The maximum Gasteiger partial charge on any atom is 0.234 e. The van der Waals surface area contributed by atoms with Gasteiger partial charge in [0.15, 0.2) is 11.5 Å². The fourth-order valence-corrected chi connectivity index (χ4v) is 3.33. The number of carbonyl (C=O) groups is 1. The molecule has 1 aromatic heterocycles. The number of methoxy groups -OCH3 is 1. The van der Waals surface area contributed by atoms with E-state index in [-0.39, 0.29) is 23.6 Å². The smallest absolute Gasteiger partial charge is 0.234 e. The summed E-state index contributed by atoms with van der Waals surface area (Å²) in [6.45, 7) is 2.19. The van der Waals surface area contributed by atoms with Gasteiger partial charge in [-0.2, -0.15) is 4.98 Å². The average molecular weight is 382 g/mol. The van der Waals surface area contributed by atoms with E-state index in [1.807, 2.05) is 24.3 Å². The van der Waals surface area contributed by atoms with Crippen molar-refractivity contribution in [3.05, 3.63) is 41.7 Å². The molecule has 3 rings (SSSR count). The van der Waals surface area contributed by atoms with Crippen molar-refractivity contribution in [3.8, 4) is 5.88 Å². The van der Waals surface area contributed by atoms with Crippen molar-refractivity contribution in [1.82, 2.24) is 9.97 Å². The van der Waals surface area contributed by atoms with Gasteiger partial charge in [0.1, 0.15) is 0 Å². The van der Waals surface area contributed by atoms with Crippen LogP contribution in [0.1, 0.15) is 42.2 Å². The molecule has 1 aliphatic heterocycles. The number of Topliss-reactive ketones (excluding diaryl/α,β-unsaturated/α-hetero) is 1.